The maximum atomic E-state index is 14.4. The minimum absolute atomic E-state index is 0.0279. The van der Waals surface area contributed by atoms with E-state index >= 15 is 0 Å². The van der Waals surface area contributed by atoms with E-state index in [9.17, 15) is 58.3 Å². The first-order valence-electron chi connectivity index (χ1n) is 30.5. The Morgan fingerprint density at radius 1 is 0.822 bits per heavy atom. The average molecular weight is 1270 g/mol. The Bertz CT molecular complexity index is 3540. The fraction of sp³-hybridized carbons (Fsp3) is 0.629. The number of nitrogens with zero attached hydrogens (tertiary/aromatic N) is 5. The number of carbonyl (C=O) groups excluding carboxylic acids is 6. The summed E-state index contributed by atoms with van der Waals surface area (Å²) in [6.45, 7) is 19.1. The molecule has 1 unspecified atom stereocenters. The lowest BCUT2D eigenvalue weighted by Gasteiger charge is -2.48. The molecule has 16 N–H and O–H groups in total. The largest absolute Gasteiger partial charge is 0.481 e. The van der Waals surface area contributed by atoms with Gasteiger partial charge in [-0.1, -0.05) is 34.6 Å². The number of ether oxygens (including phenoxy) is 1. The molecule has 6 amide bonds. The van der Waals surface area contributed by atoms with E-state index in [1.54, 1.807) is 25.3 Å². The van der Waals surface area contributed by atoms with Crippen molar-refractivity contribution in [2.45, 2.75) is 189 Å². The van der Waals surface area contributed by atoms with Gasteiger partial charge in [0, 0.05) is 131 Å². The predicted molar refractivity (Wildman–Crippen MR) is 332 cm³/mol. The summed E-state index contributed by atoms with van der Waals surface area (Å²) in [5, 5.41) is 38.5. The van der Waals surface area contributed by atoms with Crippen LogP contribution in [0.1, 0.15) is 150 Å². The summed E-state index contributed by atoms with van der Waals surface area (Å²) >= 11 is 0. The van der Waals surface area contributed by atoms with Gasteiger partial charge < -0.3 is 68.8 Å². The van der Waals surface area contributed by atoms with Crippen molar-refractivity contribution in [2.24, 2.45) is 89.0 Å². The number of imidazole rings is 1. The lowest BCUT2D eigenvalue weighted by molar-refractivity contribution is -0.137. The number of aliphatic carboxylic acids is 1. The van der Waals surface area contributed by atoms with E-state index in [4.69, 9.17) is 57.4 Å². The summed E-state index contributed by atoms with van der Waals surface area (Å²) in [6, 6.07) is 2.66. The molecular weight excluding hydrogens is 1180 g/mol. The smallest absolute Gasteiger partial charge is 0.472 e. The molecule has 27 nitrogen and oxygen atoms in total. The summed E-state index contributed by atoms with van der Waals surface area (Å²) in [7, 11) is -5.07. The Morgan fingerprint density at radius 2 is 1.44 bits per heavy atom. The van der Waals surface area contributed by atoms with Crippen LogP contribution in [0.3, 0.4) is 0 Å². The van der Waals surface area contributed by atoms with Gasteiger partial charge in [0.15, 0.2) is 6.23 Å². The Morgan fingerprint density at radius 3 is 2.04 bits per heavy atom. The number of carboxylic acids is 1. The van der Waals surface area contributed by atoms with Crippen LogP contribution in [-0.4, -0.2) is 137 Å². The van der Waals surface area contributed by atoms with Crippen molar-refractivity contribution in [2.75, 3.05) is 13.2 Å². The van der Waals surface area contributed by atoms with Crippen molar-refractivity contribution in [1.29, 1.82) is 0 Å². The third-order valence-electron chi connectivity index (χ3n) is 20.6. The zero-order valence-electron chi connectivity index (χ0n) is 53.1. The lowest BCUT2D eigenvalue weighted by atomic mass is 9.55. The van der Waals surface area contributed by atoms with E-state index in [1.807, 2.05) is 66.7 Å². The first-order chi connectivity index (χ1) is 41.8. The van der Waals surface area contributed by atoms with Crippen molar-refractivity contribution >= 4 is 77.4 Å². The Hall–Kier alpha value is -7.00. The molecule has 7 heterocycles. The average Bonchev–Trinajstić information content (AvgIpc) is 1.53. The van der Waals surface area contributed by atoms with E-state index in [2.05, 4.69) is 15.6 Å². The van der Waals surface area contributed by atoms with E-state index in [-0.39, 0.29) is 77.2 Å². The number of aliphatic hydroxyl groups excluding tert-OH is 2. The van der Waals surface area contributed by atoms with E-state index in [0.29, 0.717) is 56.4 Å². The second-order valence-electron chi connectivity index (χ2n) is 27.0. The third-order valence-corrected chi connectivity index (χ3v) is 21.7. The third kappa shape index (κ3) is 13.0. The summed E-state index contributed by atoms with van der Waals surface area (Å²) in [5.41, 5.74) is 31.0. The molecule has 1 aromatic carbocycles. The van der Waals surface area contributed by atoms with Crippen LogP contribution in [0.4, 0.5) is 0 Å². The summed E-state index contributed by atoms with van der Waals surface area (Å²) in [6.07, 6.45) is -4.81. The van der Waals surface area contributed by atoms with Gasteiger partial charge in [-0.15, -0.1) is 0 Å². The highest BCUT2D eigenvalue weighted by atomic mass is 31.2. The van der Waals surface area contributed by atoms with Gasteiger partial charge >= 0.3 is 13.8 Å². The van der Waals surface area contributed by atoms with Crippen molar-refractivity contribution in [3.05, 3.63) is 63.9 Å². The molecule has 6 aliphatic heterocycles. The number of amides is 6. The topological polar surface area (TPSA) is 454 Å². The van der Waals surface area contributed by atoms with E-state index < -0.39 is 143 Å². The molecule has 8 bridgehead atoms. The minimum Gasteiger partial charge on any atom is -0.481 e. The number of aliphatic hydroxyl groups is 2. The molecule has 0 spiro atoms. The molecule has 15 atom stereocenters. The van der Waals surface area contributed by atoms with Gasteiger partial charge in [0.2, 0.25) is 35.4 Å². The summed E-state index contributed by atoms with van der Waals surface area (Å²) in [5.74, 6) is -7.91. The van der Waals surface area contributed by atoms with Crippen molar-refractivity contribution in [3.63, 3.8) is 0 Å². The molecule has 6 aliphatic rings. The highest BCUT2D eigenvalue weighted by Crippen LogP contribution is 2.63. The van der Waals surface area contributed by atoms with Crippen LogP contribution >= 0.6 is 7.82 Å². The number of rotatable bonds is 26. The SMILES string of the molecule is CC1=C2N=C(C=C3NC(=C(C)C4=N[C@@](C)([C@@H]5N=C1[C@](C)(CCC(=O)NC[C@@H](C)OP(=O)(O)O[C@H]1[C@@H](O)[C@@H](n6cnc7cc(C)c(C)cc76)O[C@@H]1CO)[C@H]5CC(N)=O)[C@@](C)(CC(N)=O)[C@@H]4CCC(=O)O)[C@@](C)(CC(N)=O)[C@@H]3CCC(N)=O)C(C)(C)[C@@H]2CCC(N)=O. The van der Waals surface area contributed by atoms with Gasteiger partial charge in [-0.25, -0.2) is 9.55 Å². The number of hydrogen-bond donors (Lipinski definition) is 11. The maximum Gasteiger partial charge on any atom is 0.472 e. The van der Waals surface area contributed by atoms with Crippen LogP contribution in [0, 0.1) is 59.2 Å². The van der Waals surface area contributed by atoms with Crippen LogP contribution in [0.25, 0.3) is 11.0 Å². The first-order valence-corrected chi connectivity index (χ1v) is 32.0. The molecule has 0 aliphatic carbocycles. The molecule has 2 fully saturated rings. The molecule has 2 aromatic rings. The molecule has 1 aromatic heterocycles. The number of carboxylic acid groups (broad SMARTS) is 1. The second-order valence-corrected chi connectivity index (χ2v) is 28.4. The standard InChI is InChI=1S/C62H89N12O15P/c1-29-20-39-40(21-30(29)2)74(28-69-39)57-52(84)53(41(27-75)87-57)89-90(85,86)88-31(3)26-68-48(81)18-19-59(8)37(22-45(65)78)56-62(11)61(10,25-47(67)80)36(14-17-49(82)83)51(73-62)33(5)55-60(9,24-46(66)79)34(12-15-43(63)76)38(70-55)23-42-58(6,7)35(13-16-44(64)77)50(71-42)32(4)54(59)72-56/h20-21,23,28,31,34-37,41,52-53,56-57,70,75,84H,12-19,22,24-27H2,1-11H3,(H2,63,76)(H2,64,77)(H2,65,78)(H2,66,79)(H2,67,80)(H,68,81)(H,82,83)(H,85,86)/t31-,34-,35-,36-,37+,41-,52-,53-,56-,57+,59-,60+,61+,62+/m1/s1. The fourth-order valence-electron chi connectivity index (χ4n) is 15.4. The van der Waals surface area contributed by atoms with Gasteiger partial charge in [0.1, 0.15) is 18.3 Å². The first kappa shape index (κ1) is 68.9. The van der Waals surface area contributed by atoms with Gasteiger partial charge in [0.25, 0.3) is 0 Å². The number of phosphoric acid groups is 1. The number of carbonyl (C=O) groups is 7. The number of aryl methyl sites for hydroxylation is 2. The Kier molecular flexibility index (Phi) is 19.6. The highest BCUT2D eigenvalue weighted by molar-refractivity contribution is 7.47. The Balaban J connectivity index is 1.19. The zero-order valence-corrected chi connectivity index (χ0v) is 54.0. The van der Waals surface area contributed by atoms with Crippen molar-refractivity contribution < 1.29 is 72.1 Å². The van der Waals surface area contributed by atoms with E-state index in [0.717, 1.165) is 11.1 Å². The van der Waals surface area contributed by atoms with Crippen molar-refractivity contribution in [1.82, 2.24) is 20.2 Å². The summed E-state index contributed by atoms with van der Waals surface area (Å²) < 4.78 is 32.2. The quantitative estimate of drug-likeness (QED) is 0.0597. The minimum atomic E-state index is -5.07. The number of nitrogens with two attached hydrogens (primary N) is 5. The van der Waals surface area contributed by atoms with Gasteiger partial charge in [0.05, 0.1) is 41.7 Å². The van der Waals surface area contributed by atoms with Crippen LogP contribution in [0.5, 0.6) is 0 Å². The number of aliphatic imine (C=N–C) groups is 3. The number of nitrogens with one attached hydrogen (secondary N) is 2. The van der Waals surface area contributed by atoms with E-state index in [1.165, 1.54) is 13.3 Å². The molecular formula is C62H89N12O15P. The maximum absolute atomic E-state index is 14.4. The number of primary amides is 5. The molecule has 90 heavy (non-hydrogen) atoms. The molecule has 0 radical (unpaired) electrons. The predicted octanol–water partition coefficient (Wildman–Crippen LogP) is 3.76. The van der Waals surface area contributed by atoms with Crippen LogP contribution in [0.2, 0.25) is 0 Å². The summed E-state index contributed by atoms with van der Waals surface area (Å²) in [4.78, 5) is 125. The van der Waals surface area contributed by atoms with Crippen molar-refractivity contribution in [3.8, 4) is 0 Å². The molecule has 28 heteroatoms. The van der Waals surface area contributed by atoms with Gasteiger partial charge in [-0.2, -0.15) is 0 Å². The molecule has 492 valence electrons. The molecule has 0 saturated carbocycles. The fourth-order valence-corrected chi connectivity index (χ4v) is 16.6. The molecule has 2 saturated heterocycles. The zero-order chi connectivity index (χ0) is 66.7. The number of benzene rings is 1. The highest BCUT2D eigenvalue weighted by Gasteiger charge is 2.66. The van der Waals surface area contributed by atoms with Gasteiger partial charge in [-0.3, -0.25) is 57.6 Å². The number of allylic oxidation sites excluding steroid dienone is 6. The monoisotopic (exact) mass is 1270 g/mol. The van der Waals surface area contributed by atoms with Crippen LogP contribution in [0.15, 0.2) is 67.8 Å². The number of hydrogen-bond acceptors (Lipinski definition) is 18. The van der Waals surface area contributed by atoms with Crippen LogP contribution < -0.4 is 39.3 Å². The number of fused-ring (bicyclic) bond motifs is 7. The van der Waals surface area contributed by atoms with Gasteiger partial charge in [-0.05, 0) is 108 Å². The number of phosphoric ester groups is 1. The van der Waals surface area contributed by atoms with Crippen LogP contribution in [-0.2, 0) is 51.9 Å². The molecule has 8 rings (SSSR count). The Labute approximate surface area is 522 Å². The lowest BCUT2D eigenvalue weighted by Crippen LogP contribution is -2.56. The normalized spacial score (nSPS) is 32.0. The number of aromatic nitrogens is 2. The second kappa shape index (κ2) is 25.6.